The SMILES string of the molecule is CC\C=C/C=C\C=C/CCCCCCCC(=O)OCC(COC(=O)CCCCCCCCCCCC/C=C\C=C/CCCCC)OC(=O)CCCCCCCCC/C=C\CCCCCCCCCC. The van der Waals surface area contributed by atoms with Gasteiger partial charge in [-0.15, -0.1) is 0 Å². The van der Waals surface area contributed by atoms with Crippen LogP contribution in [0.25, 0.3) is 0 Å². The third kappa shape index (κ3) is 55.6. The highest BCUT2D eigenvalue weighted by Gasteiger charge is 2.19. The van der Waals surface area contributed by atoms with E-state index in [4.69, 9.17) is 14.2 Å². The molecule has 0 amide bonds. The maximum absolute atomic E-state index is 12.9. The largest absolute Gasteiger partial charge is 0.462 e. The molecule has 0 aliphatic heterocycles. The van der Waals surface area contributed by atoms with E-state index in [-0.39, 0.29) is 31.1 Å². The van der Waals surface area contributed by atoms with Gasteiger partial charge < -0.3 is 14.2 Å². The maximum atomic E-state index is 12.9. The first-order valence-corrected chi connectivity index (χ1v) is 29.5. The van der Waals surface area contributed by atoms with Crippen LogP contribution in [0.5, 0.6) is 0 Å². The normalized spacial score (nSPS) is 12.6. The molecule has 0 aromatic carbocycles. The minimum Gasteiger partial charge on any atom is -0.462 e. The van der Waals surface area contributed by atoms with Crippen molar-refractivity contribution in [1.82, 2.24) is 0 Å². The number of esters is 3. The zero-order chi connectivity index (χ0) is 50.0. The molecule has 1 atom stereocenters. The molecule has 0 aliphatic carbocycles. The van der Waals surface area contributed by atoms with Gasteiger partial charge in [0.25, 0.3) is 0 Å². The van der Waals surface area contributed by atoms with Crippen molar-refractivity contribution in [3.63, 3.8) is 0 Å². The number of hydrogen-bond acceptors (Lipinski definition) is 6. The van der Waals surface area contributed by atoms with E-state index in [1.165, 1.54) is 167 Å². The number of carbonyl (C=O) groups is 3. The molecular formula is C63H110O6. The smallest absolute Gasteiger partial charge is 0.306 e. The van der Waals surface area contributed by atoms with Crippen LogP contribution in [0.1, 0.15) is 290 Å². The van der Waals surface area contributed by atoms with Gasteiger partial charge >= 0.3 is 17.9 Å². The molecule has 0 spiro atoms. The zero-order valence-electron chi connectivity index (χ0n) is 45.6. The molecule has 0 aromatic rings. The molecular weight excluding hydrogens is 853 g/mol. The first-order chi connectivity index (χ1) is 34.0. The van der Waals surface area contributed by atoms with Crippen molar-refractivity contribution in [2.75, 3.05) is 13.2 Å². The van der Waals surface area contributed by atoms with Gasteiger partial charge in [0.15, 0.2) is 6.10 Å². The van der Waals surface area contributed by atoms with Gasteiger partial charge in [-0.3, -0.25) is 14.4 Å². The van der Waals surface area contributed by atoms with Gasteiger partial charge in [-0.05, 0) is 89.9 Å². The van der Waals surface area contributed by atoms with Gasteiger partial charge in [0.1, 0.15) is 13.2 Å². The summed E-state index contributed by atoms with van der Waals surface area (Å²) in [5.74, 6) is -0.904. The topological polar surface area (TPSA) is 78.9 Å². The van der Waals surface area contributed by atoms with Crippen LogP contribution < -0.4 is 0 Å². The first-order valence-electron chi connectivity index (χ1n) is 29.5. The second kappa shape index (κ2) is 57.4. The molecule has 6 nitrogen and oxygen atoms in total. The molecule has 0 aliphatic rings. The summed E-state index contributed by atoms with van der Waals surface area (Å²) in [7, 11) is 0. The van der Waals surface area contributed by atoms with Gasteiger partial charge in [0.05, 0.1) is 0 Å². The van der Waals surface area contributed by atoms with Crippen LogP contribution in [0.15, 0.2) is 72.9 Å². The Labute approximate surface area is 427 Å². The molecule has 6 heteroatoms. The summed E-state index contributed by atoms with van der Waals surface area (Å²) in [6.45, 7) is 6.48. The Hall–Kier alpha value is -3.15. The number of ether oxygens (including phenoxy) is 3. The van der Waals surface area contributed by atoms with E-state index in [0.717, 1.165) is 83.5 Å². The van der Waals surface area contributed by atoms with Crippen LogP contribution in [0, 0.1) is 0 Å². The summed E-state index contributed by atoms with van der Waals surface area (Å²) in [5.41, 5.74) is 0. The predicted molar refractivity (Wildman–Crippen MR) is 298 cm³/mol. The lowest BCUT2D eigenvalue weighted by Gasteiger charge is -2.18. The monoisotopic (exact) mass is 963 g/mol. The van der Waals surface area contributed by atoms with Crippen LogP contribution >= 0.6 is 0 Å². The molecule has 0 radical (unpaired) electrons. The Kier molecular flexibility index (Phi) is 54.8. The number of allylic oxidation sites excluding steroid dienone is 12. The third-order valence-electron chi connectivity index (χ3n) is 12.8. The fourth-order valence-electron chi connectivity index (χ4n) is 8.31. The lowest BCUT2D eigenvalue weighted by atomic mass is 10.1. The summed E-state index contributed by atoms with van der Waals surface area (Å²) in [6, 6.07) is 0. The molecule has 1 unspecified atom stereocenters. The number of carbonyl (C=O) groups excluding carboxylic acids is 3. The van der Waals surface area contributed by atoms with E-state index in [9.17, 15) is 14.4 Å². The molecule has 0 aromatic heterocycles. The lowest BCUT2D eigenvalue weighted by molar-refractivity contribution is -0.167. The van der Waals surface area contributed by atoms with E-state index in [0.29, 0.717) is 19.3 Å². The van der Waals surface area contributed by atoms with E-state index >= 15 is 0 Å². The van der Waals surface area contributed by atoms with Crippen LogP contribution in [0.3, 0.4) is 0 Å². The molecule has 0 rings (SSSR count). The first kappa shape index (κ1) is 65.8. The number of unbranched alkanes of at least 4 members (excludes halogenated alkanes) is 33. The van der Waals surface area contributed by atoms with Crippen LogP contribution in [0.4, 0.5) is 0 Å². The fraction of sp³-hybridized carbons (Fsp3) is 0.762. The Bertz CT molecular complexity index is 1290. The molecule has 0 heterocycles. The highest BCUT2D eigenvalue weighted by Crippen LogP contribution is 2.16. The van der Waals surface area contributed by atoms with Crippen molar-refractivity contribution in [3.8, 4) is 0 Å². The van der Waals surface area contributed by atoms with E-state index in [1.54, 1.807) is 0 Å². The second-order valence-corrected chi connectivity index (χ2v) is 19.6. The number of rotatable bonds is 53. The van der Waals surface area contributed by atoms with E-state index in [1.807, 2.05) is 0 Å². The Morgan fingerprint density at radius 1 is 0.304 bits per heavy atom. The molecule has 398 valence electrons. The maximum Gasteiger partial charge on any atom is 0.306 e. The molecule has 0 N–H and O–H groups in total. The van der Waals surface area contributed by atoms with Crippen molar-refractivity contribution in [2.45, 2.75) is 297 Å². The average Bonchev–Trinajstić information content (AvgIpc) is 3.35. The summed E-state index contributed by atoms with van der Waals surface area (Å²) in [6.07, 6.45) is 73.2. The van der Waals surface area contributed by atoms with E-state index in [2.05, 4.69) is 93.7 Å². The van der Waals surface area contributed by atoms with Crippen molar-refractivity contribution < 1.29 is 28.6 Å². The Morgan fingerprint density at radius 2 is 0.580 bits per heavy atom. The summed E-state index contributed by atoms with van der Waals surface area (Å²) in [4.78, 5) is 38.2. The lowest BCUT2D eigenvalue weighted by Crippen LogP contribution is -2.30. The van der Waals surface area contributed by atoms with Crippen LogP contribution in [-0.2, 0) is 28.6 Å². The van der Waals surface area contributed by atoms with Crippen molar-refractivity contribution in [1.29, 1.82) is 0 Å². The Morgan fingerprint density at radius 3 is 0.957 bits per heavy atom. The van der Waals surface area contributed by atoms with Gasteiger partial charge in [-0.25, -0.2) is 0 Å². The minimum absolute atomic E-state index is 0.0849. The molecule has 69 heavy (non-hydrogen) atoms. The number of hydrogen-bond donors (Lipinski definition) is 0. The van der Waals surface area contributed by atoms with Gasteiger partial charge in [0, 0.05) is 19.3 Å². The second-order valence-electron chi connectivity index (χ2n) is 19.6. The zero-order valence-corrected chi connectivity index (χ0v) is 45.6. The summed E-state index contributed by atoms with van der Waals surface area (Å²) in [5, 5.41) is 0. The summed E-state index contributed by atoms with van der Waals surface area (Å²) >= 11 is 0. The van der Waals surface area contributed by atoms with Crippen molar-refractivity contribution in [2.24, 2.45) is 0 Å². The molecule has 0 saturated heterocycles. The van der Waals surface area contributed by atoms with Crippen molar-refractivity contribution >= 4 is 17.9 Å². The van der Waals surface area contributed by atoms with Gasteiger partial charge in [0.2, 0.25) is 0 Å². The molecule has 0 fully saturated rings. The van der Waals surface area contributed by atoms with Gasteiger partial charge in [-0.1, -0.05) is 254 Å². The fourth-order valence-corrected chi connectivity index (χ4v) is 8.31. The minimum atomic E-state index is -0.788. The molecule has 0 saturated carbocycles. The highest BCUT2D eigenvalue weighted by molar-refractivity contribution is 5.71. The van der Waals surface area contributed by atoms with Crippen LogP contribution in [0.2, 0.25) is 0 Å². The third-order valence-corrected chi connectivity index (χ3v) is 12.8. The highest BCUT2D eigenvalue weighted by atomic mass is 16.6. The average molecular weight is 964 g/mol. The quantitative estimate of drug-likeness (QED) is 0.0199. The standard InChI is InChI=1S/C63H110O6/c1-4-7-10-13-16-19-22-25-27-29-31-33-35-38-41-44-47-50-53-56-62(65)68-59-60(58-67-61(64)55-52-49-46-43-40-37-24-21-18-15-12-9-6-3)69-63(66)57-54-51-48-45-42-39-36-34-32-30-28-26-23-20-17-14-11-8-5-2/h9,12,15-16,18-19,21-22,24-25,30,32,60H,4-8,10-11,13-14,17,20,23,26-29,31,33-59H2,1-3H3/b12-9-,18-15-,19-16-,24-21-,25-22-,32-30-. The predicted octanol–water partition coefficient (Wildman–Crippen LogP) is 19.8. The Balaban J connectivity index is 4.37. The van der Waals surface area contributed by atoms with Gasteiger partial charge in [-0.2, -0.15) is 0 Å². The van der Waals surface area contributed by atoms with Crippen LogP contribution in [-0.4, -0.2) is 37.2 Å². The van der Waals surface area contributed by atoms with E-state index < -0.39 is 6.10 Å². The van der Waals surface area contributed by atoms with Crippen molar-refractivity contribution in [3.05, 3.63) is 72.9 Å². The summed E-state index contributed by atoms with van der Waals surface area (Å²) < 4.78 is 16.9. The molecule has 0 bridgehead atoms.